The highest BCUT2D eigenvalue weighted by molar-refractivity contribution is 5.78. The molecule has 0 saturated heterocycles. The molecule has 0 bridgehead atoms. The first-order valence-electron chi connectivity index (χ1n) is 6.03. The molecular formula is C14H21NO2. The summed E-state index contributed by atoms with van der Waals surface area (Å²) < 4.78 is 0. The van der Waals surface area contributed by atoms with Gasteiger partial charge < -0.3 is 10.4 Å². The molecule has 94 valence electrons. The quantitative estimate of drug-likeness (QED) is 0.821. The van der Waals surface area contributed by atoms with E-state index in [1.165, 1.54) is 0 Å². The van der Waals surface area contributed by atoms with E-state index in [9.17, 15) is 9.90 Å². The van der Waals surface area contributed by atoms with Gasteiger partial charge in [0.2, 0.25) is 5.91 Å². The Bertz CT molecular complexity index is 348. The van der Waals surface area contributed by atoms with E-state index in [2.05, 4.69) is 5.32 Å². The molecule has 3 nitrogen and oxygen atoms in total. The van der Waals surface area contributed by atoms with E-state index in [0.29, 0.717) is 5.92 Å². The Hall–Kier alpha value is -1.35. The van der Waals surface area contributed by atoms with E-state index in [-0.39, 0.29) is 18.4 Å². The number of hydrogen-bond donors (Lipinski definition) is 2. The molecule has 1 aromatic rings. The van der Waals surface area contributed by atoms with Gasteiger partial charge in [0.15, 0.2) is 0 Å². The van der Waals surface area contributed by atoms with Gasteiger partial charge in [-0.3, -0.25) is 4.79 Å². The third-order valence-corrected chi connectivity index (χ3v) is 3.07. The molecule has 0 fully saturated rings. The molecule has 17 heavy (non-hydrogen) atoms. The second-order valence-electron chi connectivity index (χ2n) is 4.70. The first-order valence-corrected chi connectivity index (χ1v) is 6.03. The fourth-order valence-corrected chi connectivity index (χ4v) is 1.45. The van der Waals surface area contributed by atoms with E-state index in [0.717, 1.165) is 5.56 Å². The SMILES string of the molecule is CC(C)C(C)C(=O)NCC(O)c1ccccc1. The minimum atomic E-state index is -0.639. The highest BCUT2D eigenvalue weighted by Crippen LogP contribution is 2.12. The van der Waals surface area contributed by atoms with Gasteiger partial charge in [-0.15, -0.1) is 0 Å². The summed E-state index contributed by atoms with van der Waals surface area (Å²) in [5, 5.41) is 12.6. The number of hydrogen-bond acceptors (Lipinski definition) is 2. The maximum atomic E-state index is 11.7. The molecular weight excluding hydrogens is 214 g/mol. The van der Waals surface area contributed by atoms with Gasteiger partial charge >= 0.3 is 0 Å². The second kappa shape index (κ2) is 6.40. The van der Waals surface area contributed by atoms with Crippen LogP contribution in [0.25, 0.3) is 0 Å². The average molecular weight is 235 g/mol. The van der Waals surface area contributed by atoms with Crippen molar-refractivity contribution in [3.63, 3.8) is 0 Å². The monoisotopic (exact) mass is 235 g/mol. The van der Waals surface area contributed by atoms with E-state index < -0.39 is 6.10 Å². The van der Waals surface area contributed by atoms with Crippen molar-refractivity contribution >= 4 is 5.91 Å². The van der Waals surface area contributed by atoms with Crippen LogP contribution in [0.1, 0.15) is 32.4 Å². The number of carbonyl (C=O) groups is 1. The molecule has 3 heteroatoms. The van der Waals surface area contributed by atoms with Crippen LogP contribution in [0.2, 0.25) is 0 Å². The lowest BCUT2D eigenvalue weighted by Crippen LogP contribution is -2.34. The van der Waals surface area contributed by atoms with E-state index in [4.69, 9.17) is 0 Å². The fraction of sp³-hybridized carbons (Fsp3) is 0.500. The maximum Gasteiger partial charge on any atom is 0.223 e. The van der Waals surface area contributed by atoms with Gasteiger partial charge in [-0.2, -0.15) is 0 Å². The predicted octanol–water partition coefficient (Wildman–Crippen LogP) is 2.13. The summed E-state index contributed by atoms with van der Waals surface area (Å²) in [5.74, 6) is 0.275. The molecule has 0 radical (unpaired) electrons. The Labute approximate surface area is 103 Å². The van der Waals surface area contributed by atoms with Crippen molar-refractivity contribution in [1.29, 1.82) is 0 Å². The third-order valence-electron chi connectivity index (χ3n) is 3.07. The molecule has 0 aromatic heterocycles. The Kier molecular flexibility index (Phi) is 5.16. The number of nitrogens with one attached hydrogen (secondary N) is 1. The number of carbonyl (C=O) groups excluding carboxylic acids is 1. The number of rotatable bonds is 5. The zero-order valence-corrected chi connectivity index (χ0v) is 10.7. The molecule has 2 atom stereocenters. The Balaban J connectivity index is 2.44. The van der Waals surface area contributed by atoms with Gasteiger partial charge in [-0.1, -0.05) is 51.1 Å². The summed E-state index contributed by atoms with van der Waals surface area (Å²) >= 11 is 0. The Morgan fingerprint density at radius 2 is 1.82 bits per heavy atom. The van der Waals surface area contributed by atoms with Crippen molar-refractivity contribution < 1.29 is 9.90 Å². The lowest BCUT2D eigenvalue weighted by molar-refractivity contribution is -0.126. The molecule has 1 amide bonds. The minimum Gasteiger partial charge on any atom is -0.387 e. The highest BCUT2D eigenvalue weighted by Gasteiger charge is 2.17. The van der Waals surface area contributed by atoms with Crippen molar-refractivity contribution in [2.24, 2.45) is 11.8 Å². The summed E-state index contributed by atoms with van der Waals surface area (Å²) in [6.07, 6.45) is -0.639. The van der Waals surface area contributed by atoms with Gasteiger partial charge in [0, 0.05) is 12.5 Å². The van der Waals surface area contributed by atoms with Crippen molar-refractivity contribution in [3.05, 3.63) is 35.9 Å². The van der Waals surface area contributed by atoms with Crippen LogP contribution >= 0.6 is 0 Å². The van der Waals surface area contributed by atoms with E-state index >= 15 is 0 Å². The summed E-state index contributed by atoms with van der Waals surface area (Å²) in [6, 6.07) is 9.34. The molecule has 0 spiro atoms. The fourth-order valence-electron chi connectivity index (χ4n) is 1.45. The lowest BCUT2D eigenvalue weighted by Gasteiger charge is -2.17. The highest BCUT2D eigenvalue weighted by atomic mass is 16.3. The van der Waals surface area contributed by atoms with Crippen LogP contribution in [0.5, 0.6) is 0 Å². The third kappa shape index (κ3) is 4.19. The topological polar surface area (TPSA) is 49.3 Å². The first-order chi connectivity index (χ1) is 8.02. The molecule has 0 aliphatic carbocycles. The van der Waals surface area contributed by atoms with Crippen molar-refractivity contribution in [3.8, 4) is 0 Å². The number of aliphatic hydroxyl groups is 1. The van der Waals surface area contributed by atoms with E-state index in [1.807, 2.05) is 51.1 Å². The Morgan fingerprint density at radius 3 is 2.35 bits per heavy atom. The summed E-state index contributed by atoms with van der Waals surface area (Å²) in [4.78, 5) is 11.7. The zero-order chi connectivity index (χ0) is 12.8. The lowest BCUT2D eigenvalue weighted by atomic mass is 9.97. The van der Waals surface area contributed by atoms with Gasteiger partial charge in [0.25, 0.3) is 0 Å². The standard InChI is InChI=1S/C14H21NO2/c1-10(2)11(3)14(17)15-9-13(16)12-7-5-4-6-8-12/h4-8,10-11,13,16H,9H2,1-3H3,(H,15,17). The largest absolute Gasteiger partial charge is 0.387 e. The summed E-state index contributed by atoms with van der Waals surface area (Å²) in [7, 11) is 0. The molecule has 2 N–H and O–H groups in total. The summed E-state index contributed by atoms with van der Waals surface area (Å²) in [6.45, 7) is 6.19. The van der Waals surface area contributed by atoms with Crippen LogP contribution in [-0.4, -0.2) is 17.6 Å². The first kappa shape index (κ1) is 13.7. The van der Waals surface area contributed by atoms with Crippen LogP contribution in [0.4, 0.5) is 0 Å². The maximum absolute atomic E-state index is 11.7. The van der Waals surface area contributed by atoms with Crippen LogP contribution < -0.4 is 5.32 Å². The van der Waals surface area contributed by atoms with Crippen molar-refractivity contribution in [2.45, 2.75) is 26.9 Å². The van der Waals surface area contributed by atoms with Crippen LogP contribution in [0.3, 0.4) is 0 Å². The molecule has 2 unspecified atom stereocenters. The molecule has 0 heterocycles. The van der Waals surface area contributed by atoms with Crippen molar-refractivity contribution in [1.82, 2.24) is 5.32 Å². The van der Waals surface area contributed by atoms with Crippen molar-refractivity contribution in [2.75, 3.05) is 6.54 Å². The smallest absolute Gasteiger partial charge is 0.223 e. The molecule has 0 aliphatic rings. The van der Waals surface area contributed by atoms with Gasteiger partial charge in [0.05, 0.1) is 6.10 Å². The number of aliphatic hydroxyl groups excluding tert-OH is 1. The number of amides is 1. The molecule has 1 aromatic carbocycles. The molecule has 0 saturated carbocycles. The van der Waals surface area contributed by atoms with Crippen LogP contribution in [0.15, 0.2) is 30.3 Å². The van der Waals surface area contributed by atoms with Gasteiger partial charge in [-0.25, -0.2) is 0 Å². The van der Waals surface area contributed by atoms with Gasteiger partial charge in [-0.05, 0) is 11.5 Å². The minimum absolute atomic E-state index is 0.00465. The van der Waals surface area contributed by atoms with Gasteiger partial charge in [0.1, 0.15) is 0 Å². The van der Waals surface area contributed by atoms with Crippen LogP contribution in [0, 0.1) is 11.8 Å². The Morgan fingerprint density at radius 1 is 1.24 bits per heavy atom. The molecule has 0 aliphatic heterocycles. The predicted molar refractivity (Wildman–Crippen MR) is 68.4 cm³/mol. The van der Waals surface area contributed by atoms with E-state index in [1.54, 1.807) is 0 Å². The zero-order valence-electron chi connectivity index (χ0n) is 10.7. The normalized spacial score (nSPS) is 14.4. The second-order valence-corrected chi connectivity index (χ2v) is 4.70. The van der Waals surface area contributed by atoms with Crippen LogP contribution in [-0.2, 0) is 4.79 Å². The average Bonchev–Trinajstić information content (AvgIpc) is 2.35. The molecule has 1 rings (SSSR count). The number of benzene rings is 1. The summed E-state index contributed by atoms with van der Waals surface area (Å²) in [5.41, 5.74) is 0.824.